The Morgan fingerprint density at radius 3 is 2.49 bits per heavy atom. The molecule has 0 N–H and O–H groups in total. The van der Waals surface area contributed by atoms with Crippen LogP contribution >= 0.6 is 11.8 Å². The van der Waals surface area contributed by atoms with Crippen LogP contribution < -0.4 is 9.47 Å². The third kappa shape index (κ3) is 9.97. The number of hydrogen-bond acceptors (Lipinski definition) is 8. The number of aryl methyl sites for hydroxylation is 1. The van der Waals surface area contributed by atoms with Gasteiger partial charge in [0.2, 0.25) is 0 Å². The molecule has 0 radical (unpaired) electrons. The smallest absolute Gasteiger partial charge is 0.343 e. The normalized spacial score (nSPS) is 15.9. The number of methoxy groups -OCH3 is 1. The fourth-order valence-electron chi connectivity index (χ4n) is 4.14. The van der Waals surface area contributed by atoms with Gasteiger partial charge in [0.25, 0.3) is 0 Å². The molecular formula is C33H38O7S. The minimum atomic E-state index is -0.517. The Hall–Kier alpha value is -3.78. The second kappa shape index (κ2) is 16.5. The molecule has 1 aliphatic rings. The lowest BCUT2D eigenvalue weighted by Crippen LogP contribution is -2.26. The summed E-state index contributed by atoms with van der Waals surface area (Å²) in [6.45, 7) is 7.76. The average molecular weight is 579 g/mol. The molecule has 0 fully saturated rings. The Balaban J connectivity index is 1.50. The third-order valence-electron chi connectivity index (χ3n) is 6.51. The number of rotatable bonds is 15. The Bertz CT molecular complexity index is 1260. The summed E-state index contributed by atoms with van der Waals surface area (Å²) in [5.41, 5.74) is 1.58. The van der Waals surface area contributed by atoms with Crippen molar-refractivity contribution in [2.45, 2.75) is 50.8 Å². The summed E-state index contributed by atoms with van der Waals surface area (Å²) in [4.78, 5) is 37.7. The van der Waals surface area contributed by atoms with Gasteiger partial charge in [-0.05, 0) is 85.4 Å². The van der Waals surface area contributed by atoms with E-state index < -0.39 is 17.9 Å². The highest BCUT2D eigenvalue weighted by Crippen LogP contribution is 2.32. The zero-order valence-electron chi connectivity index (χ0n) is 23.9. The topological polar surface area (TPSA) is 88.1 Å². The zero-order valence-corrected chi connectivity index (χ0v) is 24.7. The summed E-state index contributed by atoms with van der Waals surface area (Å²) in [6.07, 6.45) is 11.1. The predicted molar refractivity (Wildman–Crippen MR) is 160 cm³/mol. The summed E-state index contributed by atoms with van der Waals surface area (Å²) < 4.78 is 21.7. The molecule has 0 heterocycles. The molecule has 2 unspecified atom stereocenters. The first-order valence-corrected chi connectivity index (χ1v) is 14.9. The lowest BCUT2D eigenvalue weighted by Gasteiger charge is -2.21. The van der Waals surface area contributed by atoms with Gasteiger partial charge >= 0.3 is 17.9 Å². The lowest BCUT2D eigenvalue weighted by atomic mass is 9.89. The van der Waals surface area contributed by atoms with E-state index in [0.717, 1.165) is 48.8 Å². The van der Waals surface area contributed by atoms with Gasteiger partial charge in [-0.15, -0.1) is 11.8 Å². The minimum Gasteiger partial charge on any atom is -0.496 e. The molecule has 41 heavy (non-hydrogen) atoms. The summed E-state index contributed by atoms with van der Waals surface area (Å²) in [7, 11) is 1.55. The van der Waals surface area contributed by atoms with Crippen molar-refractivity contribution < 1.29 is 33.3 Å². The van der Waals surface area contributed by atoms with E-state index in [4.69, 9.17) is 18.9 Å². The van der Waals surface area contributed by atoms with Crippen molar-refractivity contribution in [3.63, 3.8) is 0 Å². The van der Waals surface area contributed by atoms with E-state index in [9.17, 15) is 14.4 Å². The van der Waals surface area contributed by atoms with Crippen LogP contribution in [-0.4, -0.2) is 37.4 Å². The fraction of sp³-hybridized carbons (Fsp3) is 0.364. The molecule has 2 aromatic rings. The van der Waals surface area contributed by atoms with Crippen molar-refractivity contribution in [1.29, 1.82) is 0 Å². The number of carbonyl (C=O) groups excluding carboxylic acids is 3. The van der Waals surface area contributed by atoms with Crippen molar-refractivity contribution in [2.24, 2.45) is 11.8 Å². The first kappa shape index (κ1) is 31.7. The molecular weight excluding hydrogens is 540 g/mol. The SMILES string of the molecule is C=CC(=O)OCCCCSc1ccc(C(=O)OC2=CC(C)C(C(=O)Oc3ccc(CCCC)cc3)C=C2)cc1OC. The van der Waals surface area contributed by atoms with E-state index in [1.54, 1.807) is 49.2 Å². The van der Waals surface area contributed by atoms with E-state index in [-0.39, 0.29) is 11.9 Å². The number of unbranched alkanes of at least 4 members (excludes halogenated alkanes) is 2. The van der Waals surface area contributed by atoms with Crippen LogP contribution in [0.3, 0.4) is 0 Å². The van der Waals surface area contributed by atoms with Crippen LogP contribution in [0.1, 0.15) is 55.5 Å². The van der Waals surface area contributed by atoms with Crippen molar-refractivity contribution in [1.82, 2.24) is 0 Å². The van der Waals surface area contributed by atoms with Gasteiger partial charge in [-0.25, -0.2) is 9.59 Å². The average Bonchev–Trinajstić information content (AvgIpc) is 2.98. The van der Waals surface area contributed by atoms with Gasteiger partial charge in [0.05, 0.1) is 25.2 Å². The standard InChI is InChI=1S/C33H38O7S/c1-5-7-10-24-11-14-26(15-12-24)39-33(36)28-17-16-27(21-23(28)3)40-32(35)25-13-18-30(29(22-25)37-4)41-20-9-8-19-38-31(34)6-2/h6,11-18,21-23,28H,2,5,7-10,19-20H2,1,3-4H3. The number of allylic oxidation sites excluding steroid dienone is 2. The molecule has 0 aliphatic heterocycles. The van der Waals surface area contributed by atoms with Crippen LogP contribution in [0.15, 0.2) is 84.0 Å². The van der Waals surface area contributed by atoms with Crippen molar-refractivity contribution in [3.8, 4) is 11.5 Å². The van der Waals surface area contributed by atoms with E-state index >= 15 is 0 Å². The van der Waals surface area contributed by atoms with Crippen molar-refractivity contribution in [2.75, 3.05) is 19.5 Å². The highest BCUT2D eigenvalue weighted by Gasteiger charge is 2.27. The molecule has 7 nitrogen and oxygen atoms in total. The number of ether oxygens (including phenoxy) is 4. The zero-order chi connectivity index (χ0) is 29.6. The fourth-order valence-corrected chi connectivity index (χ4v) is 5.16. The van der Waals surface area contributed by atoms with Crippen LogP contribution in [0, 0.1) is 11.8 Å². The molecule has 0 amide bonds. The molecule has 218 valence electrons. The monoisotopic (exact) mass is 578 g/mol. The van der Waals surface area contributed by atoms with Gasteiger partial charge in [0.1, 0.15) is 17.3 Å². The maximum absolute atomic E-state index is 12.9. The van der Waals surface area contributed by atoms with Gasteiger partial charge < -0.3 is 18.9 Å². The van der Waals surface area contributed by atoms with Crippen LogP contribution in [-0.2, 0) is 25.5 Å². The van der Waals surface area contributed by atoms with Gasteiger partial charge in [0.15, 0.2) is 0 Å². The van der Waals surface area contributed by atoms with E-state index in [1.807, 2.05) is 37.3 Å². The molecule has 0 saturated heterocycles. The summed E-state index contributed by atoms with van der Waals surface area (Å²) in [5, 5.41) is 0. The number of thioether (sulfide) groups is 1. The molecule has 1 aliphatic carbocycles. The largest absolute Gasteiger partial charge is 0.496 e. The second-order valence-electron chi connectivity index (χ2n) is 9.66. The number of hydrogen-bond donors (Lipinski definition) is 0. The predicted octanol–water partition coefficient (Wildman–Crippen LogP) is 7.11. The highest BCUT2D eigenvalue weighted by atomic mass is 32.2. The summed E-state index contributed by atoms with van der Waals surface area (Å²) in [6, 6.07) is 12.8. The summed E-state index contributed by atoms with van der Waals surface area (Å²) >= 11 is 1.60. The maximum atomic E-state index is 12.9. The molecule has 3 rings (SSSR count). The Morgan fingerprint density at radius 1 is 1.02 bits per heavy atom. The van der Waals surface area contributed by atoms with E-state index in [2.05, 4.69) is 13.5 Å². The lowest BCUT2D eigenvalue weighted by molar-refractivity contribution is -0.139. The van der Waals surface area contributed by atoms with Gasteiger partial charge in [0, 0.05) is 11.0 Å². The van der Waals surface area contributed by atoms with Crippen LogP contribution in [0.5, 0.6) is 11.5 Å². The quantitative estimate of drug-likeness (QED) is 0.0727. The number of esters is 3. The second-order valence-corrected chi connectivity index (χ2v) is 10.8. The number of benzene rings is 2. The maximum Gasteiger partial charge on any atom is 0.343 e. The van der Waals surface area contributed by atoms with Crippen molar-refractivity contribution in [3.05, 3.63) is 90.2 Å². The van der Waals surface area contributed by atoms with Gasteiger partial charge in [-0.3, -0.25) is 4.79 Å². The van der Waals surface area contributed by atoms with Gasteiger partial charge in [-0.2, -0.15) is 0 Å². The van der Waals surface area contributed by atoms with E-state index in [0.29, 0.717) is 29.4 Å². The van der Waals surface area contributed by atoms with Crippen LogP contribution in [0.4, 0.5) is 0 Å². The molecule has 2 atom stereocenters. The molecule has 0 spiro atoms. The third-order valence-corrected chi connectivity index (χ3v) is 7.65. The summed E-state index contributed by atoms with van der Waals surface area (Å²) in [5.74, 6) is 0.277. The molecule has 2 aromatic carbocycles. The molecule has 0 bridgehead atoms. The molecule has 8 heteroatoms. The first-order valence-electron chi connectivity index (χ1n) is 13.9. The van der Waals surface area contributed by atoms with Crippen molar-refractivity contribution >= 4 is 29.7 Å². The highest BCUT2D eigenvalue weighted by molar-refractivity contribution is 7.99. The van der Waals surface area contributed by atoms with E-state index in [1.165, 1.54) is 5.56 Å². The minimum absolute atomic E-state index is 0.215. The van der Waals surface area contributed by atoms with Crippen LogP contribution in [0.25, 0.3) is 0 Å². The van der Waals surface area contributed by atoms with Crippen LogP contribution in [0.2, 0.25) is 0 Å². The number of carbonyl (C=O) groups is 3. The molecule has 0 saturated carbocycles. The Kier molecular flexibility index (Phi) is 12.8. The Morgan fingerprint density at radius 2 is 1.80 bits per heavy atom. The Labute approximate surface area is 246 Å². The molecule has 0 aromatic heterocycles. The first-order chi connectivity index (χ1) is 19.8. The van der Waals surface area contributed by atoms with Gasteiger partial charge in [-0.1, -0.05) is 45.1 Å².